The zero-order valence-corrected chi connectivity index (χ0v) is 14.1. The number of rotatable bonds is 6. The molecular weight excluding hydrogens is 302 g/mol. The van der Waals surface area contributed by atoms with E-state index in [1.54, 1.807) is 6.92 Å². The maximum absolute atomic E-state index is 11.0. The molecule has 3 rings (SSSR count). The van der Waals surface area contributed by atoms with Crippen molar-refractivity contribution < 1.29 is 14.6 Å². The summed E-state index contributed by atoms with van der Waals surface area (Å²) < 4.78 is 5.61. The molecule has 0 heterocycles. The first-order valence-corrected chi connectivity index (χ1v) is 8.29. The van der Waals surface area contributed by atoms with Gasteiger partial charge in [0.1, 0.15) is 5.75 Å². The molecule has 0 fully saturated rings. The van der Waals surface area contributed by atoms with Gasteiger partial charge in [-0.05, 0) is 44.0 Å². The Kier molecular flexibility index (Phi) is 4.86. The Morgan fingerprint density at radius 1 is 1.17 bits per heavy atom. The maximum Gasteiger partial charge on any atom is 0.344 e. The highest BCUT2D eigenvalue weighted by Crippen LogP contribution is 2.27. The lowest BCUT2D eigenvalue weighted by Crippen LogP contribution is -2.32. The highest BCUT2D eigenvalue weighted by Gasteiger charge is 2.25. The zero-order chi connectivity index (χ0) is 17.1. The minimum Gasteiger partial charge on any atom is -0.479 e. The van der Waals surface area contributed by atoms with E-state index in [-0.39, 0.29) is 0 Å². The summed E-state index contributed by atoms with van der Waals surface area (Å²) in [6.45, 7) is 2.29. The molecule has 4 heteroatoms. The van der Waals surface area contributed by atoms with Crippen molar-refractivity contribution in [2.75, 3.05) is 7.05 Å². The third-order valence-corrected chi connectivity index (χ3v) is 4.70. The standard InChI is InChI=1S/C20H23NO3/c1-14(20(22)23)24-19-10-6-5-9-17(19)13-21(2)18-11-15-7-3-4-8-16(15)12-18/h3-10,14,18H,11-13H2,1-2H3,(H,22,23). The Morgan fingerprint density at radius 3 is 2.38 bits per heavy atom. The lowest BCUT2D eigenvalue weighted by Gasteiger charge is -2.25. The van der Waals surface area contributed by atoms with Gasteiger partial charge in [-0.15, -0.1) is 0 Å². The molecule has 1 aliphatic carbocycles. The van der Waals surface area contributed by atoms with E-state index in [9.17, 15) is 4.79 Å². The Balaban J connectivity index is 1.69. The van der Waals surface area contributed by atoms with Crippen LogP contribution in [0.5, 0.6) is 5.75 Å². The zero-order valence-electron chi connectivity index (χ0n) is 14.1. The predicted molar refractivity (Wildman–Crippen MR) is 93.3 cm³/mol. The molecule has 1 aliphatic rings. The number of para-hydroxylation sites is 1. The summed E-state index contributed by atoms with van der Waals surface area (Å²) in [4.78, 5) is 13.4. The van der Waals surface area contributed by atoms with Crippen LogP contribution in [0.3, 0.4) is 0 Å². The number of carbonyl (C=O) groups is 1. The maximum atomic E-state index is 11.0. The van der Waals surface area contributed by atoms with Gasteiger partial charge in [0.15, 0.2) is 6.10 Å². The number of ether oxygens (including phenoxy) is 1. The molecule has 2 aromatic carbocycles. The van der Waals surface area contributed by atoms with E-state index in [0.29, 0.717) is 11.8 Å². The Morgan fingerprint density at radius 2 is 1.75 bits per heavy atom. The second-order valence-corrected chi connectivity index (χ2v) is 6.45. The van der Waals surface area contributed by atoms with Gasteiger partial charge >= 0.3 is 5.97 Å². The van der Waals surface area contributed by atoms with Gasteiger partial charge in [0, 0.05) is 18.2 Å². The van der Waals surface area contributed by atoms with Gasteiger partial charge in [-0.1, -0.05) is 42.5 Å². The summed E-state index contributed by atoms with van der Waals surface area (Å²) in [6.07, 6.45) is 1.26. The van der Waals surface area contributed by atoms with Gasteiger partial charge in [-0.3, -0.25) is 4.90 Å². The van der Waals surface area contributed by atoms with Crippen LogP contribution < -0.4 is 4.74 Å². The smallest absolute Gasteiger partial charge is 0.344 e. The fourth-order valence-corrected chi connectivity index (χ4v) is 3.24. The summed E-state index contributed by atoms with van der Waals surface area (Å²) in [5, 5.41) is 9.05. The van der Waals surface area contributed by atoms with Crippen molar-refractivity contribution in [1.82, 2.24) is 4.90 Å². The first kappa shape index (κ1) is 16.5. The van der Waals surface area contributed by atoms with E-state index >= 15 is 0 Å². The second kappa shape index (κ2) is 7.05. The van der Waals surface area contributed by atoms with E-state index in [0.717, 1.165) is 24.9 Å². The minimum absolute atomic E-state index is 0.465. The monoisotopic (exact) mass is 325 g/mol. The summed E-state index contributed by atoms with van der Waals surface area (Å²) in [6, 6.07) is 16.7. The van der Waals surface area contributed by atoms with E-state index in [1.807, 2.05) is 24.3 Å². The van der Waals surface area contributed by atoms with Crippen LogP contribution in [0.15, 0.2) is 48.5 Å². The Hall–Kier alpha value is -2.33. The third-order valence-electron chi connectivity index (χ3n) is 4.70. The molecule has 24 heavy (non-hydrogen) atoms. The molecule has 4 nitrogen and oxygen atoms in total. The molecular formula is C20H23NO3. The van der Waals surface area contributed by atoms with Crippen molar-refractivity contribution in [3.63, 3.8) is 0 Å². The van der Waals surface area contributed by atoms with Gasteiger partial charge in [-0.2, -0.15) is 0 Å². The highest BCUT2D eigenvalue weighted by atomic mass is 16.5. The lowest BCUT2D eigenvalue weighted by atomic mass is 10.1. The van der Waals surface area contributed by atoms with Crippen LogP contribution >= 0.6 is 0 Å². The number of nitrogens with zero attached hydrogens (tertiary/aromatic N) is 1. The highest BCUT2D eigenvalue weighted by molar-refractivity contribution is 5.72. The fourth-order valence-electron chi connectivity index (χ4n) is 3.24. The number of likely N-dealkylation sites (N-methyl/N-ethyl adjacent to an activating group) is 1. The van der Waals surface area contributed by atoms with Crippen LogP contribution in [0.4, 0.5) is 0 Å². The van der Waals surface area contributed by atoms with Crippen molar-refractivity contribution >= 4 is 5.97 Å². The number of aliphatic carboxylic acids is 1. The second-order valence-electron chi connectivity index (χ2n) is 6.45. The van der Waals surface area contributed by atoms with Crippen molar-refractivity contribution in [1.29, 1.82) is 0 Å². The van der Waals surface area contributed by atoms with E-state index in [2.05, 4.69) is 36.2 Å². The molecule has 126 valence electrons. The van der Waals surface area contributed by atoms with Crippen LogP contribution in [0.25, 0.3) is 0 Å². The molecule has 1 unspecified atom stereocenters. The first-order valence-electron chi connectivity index (χ1n) is 8.29. The Labute approximate surface area is 142 Å². The fraction of sp³-hybridized carbons (Fsp3) is 0.350. The predicted octanol–water partition coefficient (Wildman–Crippen LogP) is 3.14. The molecule has 2 aromatic rings. The minimum atomic E-state index is -0.954. The third kappa shape index (κ3) is 3.60. The molecule has 0 amide bonds. The number of hydrogen-bond acceptors (Lipinski definition) is 3. The van der Waals surface area contributed by atoms with Gasteiger partial charge in [-0.25, -0.2) is 4.79 Å². The molecule has 0 saturated heterocycles. The van der Waals surface area contributed by atoms with Crippen molar-refractivity contribution in [3.8, 4) is 5.75 Å². The summed E-state index contributed by atoms with van der Waals surface area (Å²) in [5.41, 5.74) is 3.88. The van der Waals surface area contributed by atoms with E-state index in [1.165, 1.54) is 11.1 Å². The van der Waals surface area contributed by atoms with Crippen molar-refractivity contribution in [2.45, 2.75) is 38.5 Å². The average Bonchev–Trinajstić information content (AvgIpc) is 3.00. The summed E-state index contributed by atoms with van der Waals surface area (Å²) in [7, 11) is 2.12. The summed E-state index contributed by atoms with van der Waals surface area (Å²) in [5.74, 6) is -0.306. The van der Waals surface area contributed by atoms with Gasteiger partial charge in [0.05, 0.1) is 0 Å². The van der Waals surface area contributed by atoms with E-state index < -0.39 is 12.1 Å². The van der Waals surface area contributed by atoms with Crippen molar-refractivity contribution in [2.24, 2.45) is 0 Å². The number of benzene rings is 2. The normalized spacial score (nSPS) is 15.3. The number of hydrogen-bond donors (Lipinski definition) is 1. The van der Waals surface area contributed by atoms with Crippen LogP contribution in [0.1, 0.15) is 23.6 Å². The number of carboxylic acids is 1. The molecule has 0 aromatic heterocycles. The molecule has 0 aliphatic heterocycles. The number of carboxylic acid groups (broad SMARTS) is 1. The van der Waals surface area contributed by atoms with Crippen LogP contribution in [-0.4, -0.2) is 35.2 Å². The summed E-state index contributed by atoms with van der Waals surface area (Å²) >= 11 is 0. The molecule has 1 N–H and O–H groups in total. The van der Waals surface area contributed by atoms with Crippen LogP contribution in [0, 0.1) is 0 Å². The van der Waals surface area contributed by atoms with E-state index in [4.69, 9.17) is 9.84 Å². The largest absolute Gasteiger partial charge is 0.479 e. The van der Waals surface area contributed by atoms with Crippen LogP contribution in [0.2, 0.25) is 0 Å². The molecule has 1 atom stereocenters. The topological polar surface area (TPSA) is 49.8 Å². The molecule has 0 bridgehead atoms. The van der Waals surface area contributed by atoms with Gasteiger partial charge < -0.3 is 9.84 Å². The van der Waals surface area contributed by atoms with Crippen molar-refractivity contribution in [3.05, 3.63) is 65.2 Å². The average molecular weight is 325 g/mol. The molecule has 0 radical (unpaired) electrons. The SMILES string of the molecule is CC(Oc1ccccc1CN(C)C1Cc2ccccc2C1)C(=O)O. The first-order chi connectivity index (χ1) is 11.5. The van der Waals surface area contributed by atoms with Gasteiger partial charge in [0.2, 0.25) is 0 Å². The van der Waals surface area contributed by atoms with Gasteiger partial charge in [0.25, 0.3) is 0 Å². The quantitative estimate of drug-likeness (QED) is 0.886. The molecule has 0 saturated carbocycles. The molecule has 0 spiro atoms. The number of fused-ring (bicyclic) bond motifs is 1. The van der Waals surface area contributed by atoms with Crippen LogP contribution in [-0.2, 0) is 24.2 Å². The Bertz CT molecular complexity index is 703. The lowest BCUT2D eigenvalue weighted by molar-refractivity contribution is -0.144.